The minimum Gasteiger partial charge on any atom is -0.465 e. The zero-order valence-corrected chi connectivity index (χ0v) is 14.6. The van der Waals surface area contributed by atoms with Gasteiger partial charge in [0, 0.05) is 0 Å². The van der Waals surface area contributed by atoms with Crippen LogP contribution in [0.3, 0.4) is 0 Å². The number of hydrogen-bond acceptors (Lipinski definition) is 6. The van der Waals surface area contributed by atoms with Gasteiger partial charge in [-0.1, -0.05) is 0 Å². The van der Waals surface area contributed by atoms with Gasteiger partial charge in [-0.25, -0.2) is 13.2 Å². The van der Waals surface area contributed by atoms with Crippen LogP contribution in [0.25, 0.3) is 0 Å². The van der Waals surface area contributed by atoms with Gasteiger partial charge in [-0.15, -0.1) is 11.3 Å². The maximum atomic E-state index is 12.4. The number of halogens is 1. The Bertz CT molecular complexity index is 775. The predicted molar refractivity (Wildman–Crippen MR) is 82.2 cm³/mol. The quantitative estimate of drug-likeness (QED) is 0.776. The highest BCUT2D eigenvalue weighted by atomic mass is 79.9. The van der Waals surface area contributed by atoms with Crippen LogP contribution >= 0.6 is 27.3 Å². The van der Waals surface area contributed by atoms with Gasteiger partial charge in [-0.3, -0.25) is 9.82 Å². The lowest BCUT2D eigenvalue weighted by Crippen LogP contribution is -2.13. The largest absolute Gasteiger partial charge is 0.465 e. The monoisotopic (exact) mass is 393 g/mol. The molecule has 0 radical (unpaired) electrons. The van der Waals surface area contributed by atoms with Gasteiger partial charge in [0.05, 0.1) is 28.0 Å². The summed E-state index contributed by atoms with van der Waals surface area (Å²) in [7, 11) is -2.60. The Balaban J connectivity index is 2.41. The van der Waals surface area contributed by atoms with Crippen molar-refractivity contribution in [3.63, 3.8) is 0 Å². The molecule has 0 saturated carbocycles. The molecule has 0 saturated heterocycles. The number of nitrogens with zero attached hydrogens (tertiary/aromatic N) is 1. The SMILES string of the molecule is COC(=O)c1cc(S(=O)(=O)Nc2c(C)n[nH]c2C)c(Br)s1. The number of rotatable bonds is 4. The fraction of sp³-hybridized carbons (Fsp3) is 0.273. The van der Waals surface area contributed by atoms with Crippen molar-refractivity contribution in [1.82, 2.24) is 10.2 Å². The van der Waals surface area contributed by atoms with Crippen molar-refractivity contribution >= 4 is 48.9 Å². The van der Waals surface area contributed by atoms with E-state index in [0.29, 0.717) is 20.9 Å². The topological polar surface area (TPSA) is 101 Å². The molecule has 0 aromatic carbocycles. The van der Waals surface area contributed by atoms with Crippen LogP contribution in [0.15, 0.2) is 14.7 Å². The van der Waals surface area contributed by atoms with Crippen molar-refractivity contribution in [3.8, 4) is 0 Å². The average Bonchev–Trinajstić information content (AvgIpc) is 2.96. The standard InChI is InChI=1S/C11H12BrN3O4S2/c1-5-9(6(2)14-13-5)15-21(17,18)8-4-7(11(16)19-3)20-10(8)12/h4,15H,1-3H3,(H,13,14). The Morgan fingerprint density at radius 1 is 1.48 bits per heavy atom. The average molecular weight is 394 g/mol. The summed E-state index contributed by atoms with van der Waals surface area (Å²) in [5, 5.41) is 6.63. The van der Waals surface area contributed by atoms with Crippen molar-refractivity contribution in [3.05, 3.63) is 26.1 Å². The van der Waals surface area contributed by atoms with Gasteiger partial charge >= 0.3 is 5.97 Å². The number of methoxy groups -OCH3 is 1. The lowest BCUT2D eigenvalue weighted by molar-refractivity contribution is 0.0606. The fourth-order valence-corrected chi connectivity index (χ4v) is 5.29. The zero-order valence-electron chi connectivity index (χ0n) is 11.4. The summed E-state index contributed by atoms with van der Waals surface area (Å²) in [6.45, 7) is 3.39. The molecular weight excluding hydrogens is 382 g/mol. The number of carbonyl (C=O) groups excluding carboxylic acids is 1. The Kier molecular flexibility index (Phi) is 4.40. The van der Waals surface area contributed by atoms with Crippen molar-refractivity contribution in [1.29, 1.82) is 0 Å². The van der Waals surface area contributed by atoms with Gasteiger partial charge in [0.1, 0.15) is 9.77 Å². The molecule has 0 bridgehead atoms. The van der Waals surface area contributed by atoms with E-state index in [4.69, 9.17) is 0 Å². The normalized spacial score (nSPS) is 11.4. The third-order valence-electron chi connectivity index (χ3n) is 2.70. The predicted octanol–water partition coefficient (Wildman–Crippen LogP) is 2.44. The lowest BCUT2D eigenvalue weighted by atomic mass is 10.3. The van der Waals surface area contributed by atoms with Gasteiger partial charge < -0.3 is 4.74 Å². The first-order valence-electron chi connectivity index (χ1n) is 5.68. The summed E-state index contributed by atoms with van der Waals surface area (Å²) in [6, 6.07) is 1.27. The summed E-state index contributed by atoms with van der Waals surface area (Å²) in [5.74, 6) is -0.585. The van der Waals surface area contributed by atoms with E-state index in [1.807, 2.05) is 0 Å². The summed E-state index contributed by atoms with van der Waals surface area (Å²) in [4.78, 5) is 11.6. The molecule has 114 valence electrons. The minimum absolute atomic E-state index is 0.0205. The van der Waals surface area contributed by atoms with Crippen molar-refractivity contribution in [2.75, 3.05) is 11.8 Å². The molecule has 2 N–H and O–H groups in total. The fourth-order valence-electron chi connectivity index (χ4n) is 1.63. The van der Waals surface area contributed by atoms with Crippen molar-refractivity contribution < 1.29 is 17.9 Å². The number of aryl methyl sites for hydroxylation is 2. The first-order chi connectivity index (χ1) is 9.76. The molecule has 0 amide bonds. The van der Waals surface area contributed by atoms with Crippen LogP contribution in [0.4, 0.5) is 5.69 Å². The van der Waals surface area contributed by atoms with Gasteiger partial charge in [0.15, 0.2) is 0 Å². The molecule has 2 heterocycles. The van der Waals surface area contributed by atoms with Gasteiger partial charge in [0.2, 0.25) is 0 Å². The zero-order chi connectivity index (χ0) is 15.8. The maximum Gasteiger partial charge on any atom is 0.348 e. The Morgan fingerprint density at radius 3 is 2.67 bits per heavy atom. The van der Waals surface area contributed by atoms with Crippen LogP contribution in [-0.2, 0) is 14.8 Å². The van der Waals surface area contributed by atoms with Crippen LogP contribution in [0.2, 0.25) is 0 Å². The second-order valence-electron chi connectivity index (χ2n) is 4.15. The highest BCUT2D eigenvalue weighted by molar-refractivity contribution is 9.11. The first kappa shape index (κ1) is 16.0. The summed E-state index contributed by atoms with van der Waals surface area (Å²) in [5.41, 5.74) is 1.54. The number of aromatic nitrogens is 2. The van der Waals surface area contributed by atoms with Crippen molar-refractivity contribution in [2.45, 2.75) is 18.7 Å². The van der Waals surface area contributed by atoms with E-state index < -0.39 is 16.0 Å². The second kappa shape index (κ2) is 5.78. The number of anilines is 1. The number of carbonyl (C=O) groups is 1. The number of H-pyrrole nitrogens is 1. The van der Waals surface area contributed by atoms with Gasteiger partial charge in [-0.05, 0) is 35.8 Å². The first-order valence-corrected chi connectivity index (χ1v) is 8.77. The van der Waals surface area contributed by atoms with E-state index in [1.54, 1.807) is 13.8 Å². The molecule has 0 fully saturated rings. The number of thiophene rings is 1. The van der Waals surface area contributed by atoms with Crippen LogP contribution in [0.1, 0.15) is 21.1 Å². The van der Waals surface area contributed by atoms with E-state index in [0.717, 1.165) is 11.3 Å². The molecule has 0 spiro atoms. The molecule has 2 aromatic heterocycles. The molecular formula is C11H12BrN3O4S2. The van der Waals surface area contributed by atoms with Crippen LogP contribution in [0.5, 0.6) is 0 Å². The summed E-state index contributed by atoms with van der Waals surface area (Å²) in [6.07, 6.45) is 0. The second-order valence-corrected chi connectivity index (χ2v) is 8.18. The third-order valence-corrected chi connectivity index (χ3v) is 6.28. The number of hydrogen-bond donors (Lipinski definition) is 2. The number of ether oxygens (including phenoxy) is 1. The summed E-state index contributed by atoms with van der Waals surface area (Å²) < 4.78 is 32.2. The molecule has 0 aliphatic carbocycles. The molecule has 2 rings (SSSR count). The van der Waals surface area contributed by atoms with Gasteiger partial charge in [-0.2, -0.15) is 5.10 Å². The van der Waals surface area contributed by atoms with Crippen LogP contribution < -0.4 is 4.72 Å². The summed E-state index contributed by atoms with van der Waals surface area (Å²) >= 11 is 4.15. The lowest BCUT2D eigenvalue weighted by Gasteiger charge is -2.07. The molecule has 0 aliphatic rings. The molecule has 10 heteroatoms. The molecule has 2 aromatic rings. The Hall–Kier alpha value is -1.39. The number of aromatic amines is 1. The van der Waals surface area contributed by atoms with Crippen LogP contribution in [0, 0.1) is 13.8 Å². The molecule has 0 unspecified atom stereocenters. The van der Waals surface area contributed by atoms with Crippen LogP contribution in [-0.4, -0.2) is 31.7 Å². The van der Waals surface area contributed by atoms with Crippen molar-refractivity contribution in [2.24, 2.45) is 0 Å². The highest BCUT2D eigenvalue weighted by Crippen LogP contribution is 2.33. The molecule has 0 atom stereocenters. The van der Waals surface area contributed by atoms with E-state index in [2.05, 4.69) is 35.6 Å². The highest BCUT2D eigenvalue weighted by Gasteiger charge is 2.25. The molecule has 0 aliphatic heterocycles. The number of esters is 1. The van der Waals surface area contributed by atoms with E-state index in [9.17, 15) is 13.2 Å². The molecule has 21 heavy (non-hydrogen) atoms. The van der Waals surface area contributed by atoms with E-state index in [-0.39, 0.29) is 9.77 Å². The third kappa shape index (κ3) is 3.11. The maximum absolute atomic E-state index is 12.4. The number of sulfonamides is 1. The van der Waals surface area contributed by atoms with E-state index in [1.165, 1.54) is 13.2 Å². The molecule has 7 nitrogen and oxygen atoms in total. The number of nitrogens with one attached hydrogen (secondary N) is 2. The Labute approximate surface area is 133 Å². The van der Waals surface area contributed by atoms with Gasteiger partial charge in [0.25, 0.3) is 10.0 Å². The Morgan fingerprint density at radius 2 is 2.14 bits per heavy atom. The van der Waals surface area contributed by atoms with E-state index >= 15 is 0 Å². The minimum atomic E-state index is -3.83. The smallest absolute Gasteiger partial charge is 0.348 e.